The summed E-state index contributed by atoms with van der Waals surface area (Å²) in [5.74, 6) is 0.184. The van der Waals surface area contributed by atoms with Crippen molar-refractivity contribution in [3.63, 3.8) is 0 Å². The summed E-state index contributed by atoms with van der Waals surface area (Å²) in [6.45, 7) is 4.42. The molecule has 1 aromatic carbocycles. The maximum Gasteiger partial charge on any atom is 0.142 e. The molecule has 0 aliphatic heterocycles. The third-order valence-electron chi connectivity index (χ3n) is 3.15. The van der Waals surface area contributed by atoms with Crippen molar-refractivity contribution in [1.82, 2.24) is 14.8 Å². The molecule has 4 nitrogen and oxygen atoms in total. The first-order valence-corrected chi connectivity index (χ1v) is 6.91. The molecule has 1 aromatic heterocycles. The van der Waals surface area contributed by atoms with Crippen LogP contribution in [0, 0.1) is 5.82 Å². The lowest BCUT2D eigenvalue weighted by atomic mass is 9.89. The van der Waals surface area contributed by atoms with Gasteiger partial charge in [-0.1, -0.05) is 23.2 Å². The highest BCUT2D eigenvalue weighted by molar-refractivity contribution is 6.35. The van der Waals surface area contributed by atoms with Crippen molar-refractivity contribution in [2.24, 2.45) is 5.73 Å². The van der Waals surface area contributed by atoms with Crippen LogP contribution in [0.5, 0.6) is 0 Å². The van der Waals surface area contributed by atoms with E-state index in [9.17, 15) is 4.39 Å². The first-order chi connectivity index (χ1) is 9.35. The third-order valence-corrected chi connectivity index (χ3v) is 3.75. The van der Waals surface area contributed by atoms with Crippen molar-refractivity contribution in [2.75, 3.05) is 0 Å². The molecule has 0 aliphatic carbocycles. The summed E-state index contributed by atoms with van der Waals surface area (Å²) in [7, 11) is 0. The molecule has 1 heterocycles. The highest BCUT2D eigenvalue weighted by Gasteiger charge is 2.28. The Morgan fingerprint density at radius 3 is 2.70 bits per heavy atom. The minimum Gasteiger partial charge on any atom is -0.321 e. The van der Waals surface area contributed by atoms with E-state index in [1.807, 2.05) is 6.92 Å². The number of hydrogen-bond acceptors (Lipinski definition) is 3. The third kappa shape index (κ3) is 2.95. The van der Waals surface area contributed by atoms with Crippen LogP contribution >= 0.6 is 23.2 Å². The Hall–Kier alpha value is -1.17. The van der Waals surface area contributed by atoms with E-state index in [1.54, 1.807) is 11.6 Å². The molecule has 2 rings (SSSR count). The molecule has 2 aromatic rings. The van der Waals surface area contributed by atoms with Gasteiger partial charge < -0.3 is 5.73 Å². The van der Waals surface area contributed by atoms with Gasteiger partial charge in [-0.2, -0.15) is 5.10 Å². The van der Waals surface area contributed by atoms with Gasteiger partial charge in [-0.3, -0.25) is 4.68 Å². The molecule has 0 radical (unpaired) electrons. The molecular formula is C13H15Cl2FN4. The lowest BCUT2D eigenvalue weighted by Crippen LogP contribution is -2.37. The number of rotatable bonds is 4. The van der Waals surface area contributed by atoms with E-state index >= 15 is 0 Å². The average molecular weight is 317 g/mol. The summed E-state index contributed by atoms with van der Waals surface area (Å²) < 4.78 is 15.4. The second-order valence-electron chi connectivity index (χ2n) is 4.83. The molecule has 0 aliphatic rings. The van der Waals surface area contributed by atoms with Gasteiger partial charge in [0.25, 0.3) is 0 Å². The van der Waals surface area contributed by atoms with E-state index in [0.717, 1.165) is 5.82 Å². The van der Waals surface area contributed by atoms with Gasteiger partial charge >= 0.3 is 0 Å². The normalized spacial score (nSPS) is 14.3. The van der Waals surface area contributed by atoms with Crippen molar-refractivity contribution in [3.05, 3.63) is 45.7 Å². The summed E-state index contributed by atoms with van der Waals surface area (Å²) >= 11 is 11.8. The molecule has 0 amide bonds. The van der Waals surface area contributed by atoms with Gasteiger partial charge in [-0.25, -0.2) is 9.37 Å². The standard InChI is InChI=1S/C13H15Cl2FN4/c1-3-20-12(18-7-19-20)6-13(2,17)8-4-11(16)10(15)5-9(8)14/h4-5,7H,3,6,17H2,1-2H3. The number of nitrogens with zero attached hydrogens (tertiary/aromatic N) is 3. The molecule has 2 N–H and O–H groups in total. The minimum absolute atomic E-state index is 0.0220. The lowest BCUT2D eigenvalue weighted by molar-refractivity contribution is 0.454. The molecule has 0 spiro atoms. The number of aromatic nitrogens is 3. The summed E-state index contributed by atoms with van der Waals surface area (Å²) in [6, 6.07) is 2.64. The van der Waals surface area contributed by atoms with Gasteiger partial charge in [0.15, 0.2) is 0 Å². The molecule has 1 unspecified atom stereocenters. The number of halogens is 3. The predicted molar refractivity (Wildman–Crippen MR) is 77.4 cm³/mol. The molecule has 0 saturated carbocycles. The van der Waals surface area contributed by atoms with Crippen molar-refractivity contribution in [2.45, 2.75) is 32.4 Å². The summed E-state index contributed by atoms with van der Waals surface area (Å²) in [6.07, 6.45) is 1.86. The van der Waals surface area contributed by atoms with Crippen LogP contribution in [0.2, 0.25) is 10.0 Å². The van der Waals surface area contributed by atoms with E-state index in [0.29, 0.717) is 23.6 Å². The minimum atomic E-state index is -0.873. The maximum absolute atomic E-state index is 13.6. The van der Waals surface area contributed by atoms with Gasteiger partial charge in [-0.15, -0.1) is 0 Å². The first kappa shape index (κ1) is 15.2. The number of aryl methyl sites for hydroxylation is 1. The Balaban J connectivity index is 2.37. The zero-order valence-corrected chi connectivity index (χ0v) is 12.7. The predicted octanol–water partition coefficient (Wildman–Crippen LogP) is 3.16. The second-order valence-corrected chi connectivity index (χ2v) is 5.65. The molecule has 0 saturated heterocycles. The van der Waals surface area contributed by atoms with Crippen LogP contribution in [0.1, 0.15) is 25.2 Å². The van der Waals surface area contributed by atoms with Crippen LogP contribution < -0.4 is 5.73 Å². The molecule has 108 valence electrons. The summed E-state index contributed by atoms with van der Waals surface area (Å²) in [5, 5.41) is 4.40. The fourth-order valence-corrected chi connectivity index (χ4v) is 2.67. The number of hydrogen-bond donors (Lipinski definition) is 1. The van der Waals surface area contributed by atoms with Crippen LogP contribution in [0.3, 0.4) is 0 Å². The smallest absolute Gasteiger partial charge is 0.142 e. The van der Waals surface area contributed by atoms with E-state index in [4.69, 9.17) is 28.9 Å². The van der Waals surface area contributed by atoms with Crippen molar-refractivity contribution in [1.29, 1.82) is 0 Å². The summed E-state index contributed by atoms with van der Waals surface area (Å²) in [4.78, 5) is 4.18. The molecule has 0 bridgehead atoms. The van der Waals surface area contributed by atoms with E-state index in [2.05, 4.69) is 10.1 Å². The van der Waals surface area contributed by atoms with Crippen LogP contribution in [0.25, 0.3) is 0 Å². The molecule has 1 atom stereocenters. The molecule has 20 heavy (non-hydrogen) atoms. The monoisotopic (exact) mass is 316 g/mol. The fourth-order valence-electron chi connectivity index (χ4n) is 2.07. The molecule has 7 heteroatoms. The zero-order chi connectivity index (χ0) is 14.9. The number of nitrogens with two attached hydrogens (primary N) is 1. The summed E-state index contributed by atoms with van der Waals surface area (Å²) in [5.41, 5.74) is 5.92. The SMILES string of the molecule is CCn1ncnc1CC(C)(N)c1cc(F)c(Cl)cc1Cl. The van der Waals surface area contributed by atoms with Crippen LogP contribution in [-0.4, -0.2) is 14.8 Å². The van der Waals surface area contributed by atoms with E-state index in [-0.39, 0.29) is 5.02 Å². The Labute approximate surface area is 126 Å². The average Bonchev–Trinajstić information content (AvgIpc) is 2.80. The fraction of sp³-hybridized carbons (Fsp3) is 0.385. The Morgan fingerprint density at radius 2 is 2.05 bits per heavy atom. The number of benzene rings is 1. The second kappa shape index (κ2) is 5.68. The molecule has 0 fully saturated rings. The van der Waals surface area contributed by atoms with Gasteiger partial charge in [-0.05, 0) is 31.5 Å². The van der Waals surface area contributed by atoms with Crippen molar-refractivity contribution < 1.29 is 4.39 Å². The lowest BCUT2D eigenvalue weighted by Gasteiger charge is -2.26. The van der Waals surface area contributed by atoms with E-state index < -0.39 is 11.4 Å². The Morgan fingerprint density at radius 1 is 1.35 bits per heavy atom. The van der Waals surface area contributed by atoms with Gasteiger partial charge in [0.2, 0.25) is 0 Å². The van der Waals surface area contributed by atoms with Crippen LogP contribution in [-0.2, 0) is 18.5 Å². The van der Waals surface area contributed by atoms with Crippen molar-refractivity contribution in [3.8, 4) is 0 Å². The largest absolute Gasteiger partial charge is 0.321 e. The van der Waals surface area contributed by atoms with Gasteiger partial charge in [0.05, 0.1) is 5.02 Å². The zero-order valence-electron chi connectivity index (χ0n) is 11.2. The molecular weight excluding hydrogens is 302 g/mol. The Bertz CT molecular complexity index is 625. The Kier molecular flexibility index (Phi) is 4.32. The van der Waals surface area contributed by atoms with Crippen molar-refractivity contribution >= 4 is 23.2 Å². The quantitative estimate of drug-likeness (QED) is 0.881. The topological polar surface area (TPSA) is 56.7 Å². The van der Waals surface area contributed by atoms with Crippen LogP contribution in [0.15, 0.2) is 18.5 Å². The highest BCUT2D eigenvalue weighted by Crippen LogP contribution is 2.32. The van der Waals surface area contributed by atoms with E-state index in [1.165, 1.54) is 18.5 Å². The van der Waals surface area contributed by atoms with Crippen LogP contribution in [0.4, 0.5) is 4.39 Å². The highest BCUT2D eigenvalue weighted by atomic mass is 35.5. The van der Waals surface area contributed by atoms with Gasteiger partial charge in [0, 0.05) is 23.5 Å². The first-order valence-electron chi connectivity index (χ1n) is 6.15. The van der Waals surface area contributed by atoms with Gasteiger partial charge in [0.1, 0.15) is 18.0 Å². The maximum atomic E-state index is 13.6.